The number of anilines is 1. The molecule has 0 spiro atoms. The first-order chi connectivity index (χ1) is 16.1. The van der Waals surface area contributed by atoms with E-state index in [2.05, 4.69) is 4.98 Å². The number of thioether (sulfide) groups is 1. The number of aromatic nitrogens is 1. The first kappa shape index (κ1) is 21.0. The third kappa shape index (κ3) is 4.39. The molecule has 8 heteroatoms. The fourth-order valence-electron chi connectivity index (χ4n) is 3.27. The zero-order valence-electron chi connectivity index (χ0n) is 17.1. The Morgan fingerprint density at radius 2 is 1.64 bits per heavy atom. The van der Waals surface area contributed by atoms with Gasteiger partial charge in [-0.3, -0.25) is 9.69 Å². The van der Waals surface area contributed by atoms with Crippen molar-refractivity contribution in [3.8, 4) is 22.8 Å². The van der Waals surface area contributed by atoms with Gasteiger partial charge in [-0.05, 0) is 47.7 Å². The highest BCUT2D eigenvalue weighted by atomic mass is 32.2. The first-order valence-electron chi connectivity index (χ1n) is 9.99. The minimum atomic E-state index is -0.246. The van der Waals surface area contributed by atoms with Crippen molar-refractivity contribution >= 4 is 51.1 Å². The summed E-state index contributed by atoms with van der Waals surface area (Å²) in [6, 6.07) is 23.6. The molecular formula is C25H17N3O3S2. The topological polar surface area (TPSA) is 86.0 Å². The lowest BCUT2D eigenvalue weighted by molar-refractivity contribution is -0.113. The number of rotatable bonds is 4. The number of hydrogen-bond acceptors (Lipinski definition) is 7. The lowest BCUT2D eigenvalue weighted by Crippen LogP contribution is -2.28. The Labute approximate surface area is 198 Å². The van der Waals surface area contributed by atoms with Gasteiger partial charge in [-0.2, -0.15) is 4.99 Å². The van der Waals surface area contributed by atoms with Crippen molar-refractivity contribution in [3.63, 3.8) is 0 Å². The summed E-state index contributed by atoms with van der Waals surface area (Å²) < 4.78 is 0. The number of amidine groups is 1. The van der Waals surface area contributed by atoms with Gasteiger partial charge in [0, 0.05) is 10.9 Å². The van der Waals surface area contributed by atoms with E-state index in [9.17, 15) is 15.0 Å². The molecule has 0 aliphatic carbocycles. The van der Waals surface area contributed by atoms with Gasteiger partial charge in [0.05, 0.1) is 16.3 Å². The van der Waals surface area contributed by atoms with Crippen LogP contribution in [0.4, 0.5) is 10.8 Å². The zero-order chi connectivity index (χ0) is 22.8. The van der Waals surface area contributed by atoms with E-state index in [4.69, 9.17) is 4.99 Å². The van der Waals surface area contributed by atoms with E-state index in [1.54, 1.807) is 17.0 Å². The molecule has 1 aliphatic rings. The maximum Gasteiger partial charge on any atom is 0.271 e. The van der Waals surface area contributed by atoms with Crippen LogP contribution in [0.3, 0.4) is 0 Å². The average molecular weight is 472 g/mol. The van der Waals surface area contributed by atoms with Crippen molar-refractivity contribution in [2.24, 2.45) is 4.99 Å². The summed E-state index contributed by atoms with van der Waals surface area (Å²) in [6.07, 6.45) is 1.67. The van der Waals surface area contributed by atoms with E-state index in [1.807, 2.05) is 66.0 Å². The summed E-state index contributed by atoms with van der Waals surface area (Å²) in [5.74, 6) is -0.684. The molecule has 2 heterocycles. The third-order valence-electron chi connectivity index (χ3n) is 4.87. The highest BCUT2D eigenvalue weighted by molar-refractivity contribution is 8.19. The number of aromatic hydroxyl groups is 2. The van der Waals surface area contributed by atoms with Crippen molar-refractivity contribution in [2.45, 2.75) is 0 Å². The maximum absolute atomic E-state index is 13.3. The van der Waals surface area contributed by atoms with Crippen LogP contribution in [-0.4, -0.2) is 26.3 Å². The molecule has 5 rings (SSSR count). The second kappa shape index (κ2) is 8.93. The number of phenols is 2. The van der Waals surface area contributed by atoms with Crippen LogP contribution in [-0.2, 0) is 4.79 Å². The fourth-order valence-corrected chi connectivity index (χ4v) is 5.01. The van der Waals surface area contributed by atoms with E-state index < -0.39 is 0 Å². The van der Waals surface area contributed by atoms with E-state index in [0.29, 0.717) is 26.5 Å². The Balaban J connectivity index is 1.53. The van der Waals surface area contributed by atoms with Crippen molar-refractivity contribution in [1.82, 2.24) is 4.98 Å². The van der Waals surface area contributed by atoms with E-state index in [1.165, 1.54) is 35.2 Å². The van der Waals surface area contributed by atoms with Crippen LogP contribution in [0.25, 0.3) is 17.3 Å². The number of hydrogen-bond donors (Lipinski definition) is 2. The number of carbonyl (C=O) groups is 1. The molecule has 6 nitrogen and oxygen atoms in total. The van der Waals surface area contributed by atoms with Gasteiger partial charge >= 0.3 is 0 Å². The summed E-state index contributed by atoms with van der Waals surface area (Å²) in [7, 11) is 0. The van der Waals surface area contributed by atoms with Crippen molar-refractivity contribution in [3.05, 3.63) is 94.7 Å². The number of amides is 1. The van der Waals surface area contributed by atoms with Gasteiger partial charge in [0.2, 0.25) is 5.13 Å². The number of thiazole rings is 1. The summed E-state index contributed by atoms with van der Waals surface area (Å²) in [4.78, 5) is 24.6. The normalized spacial score (nSPS) is 16.1. The van der Waals surface area contributed by atoms with E-state index in [0.717, 1.165) is 11.3 Å². The monoisotopic (exact) mass is 471 g/mol. The number of aliphatic imine (C=N–C) groups is 1. The molecule has 2 N–H and O–H groups in total. The molecule has 0 unspecified atom stereocenters. The van der Waals surface area contributed by atoms with Crippen LogP contribution >= 0.6 is 23.1 Å². The number of benzene rings is 3. The van der Waals surface area contributed by atoms with Crippen molar-refractivity contribution in [1.29, 1.82) is 0 Å². The first-order valence-corrected chi connectivity index (χ1v) is 11.7. The number of para-hydroxylation sites is 1. The second-order valence-corrected chi connectivity index (χ2v) is 8.96. The molecule has 0 radical (unpaired) electrons. The smallest absolute Gasteiger partial charge is 0.271 e. The van der Waals surface area contributed by atoms with Gasteiger partial charge in [0.15, 0.2) is 16.7 Å². The summed E-state index contributed by atoms with van der Waals surface area (Å²) in [6.45, 7) is 0. The molecule has 1 aliphatic heterocycles. The van der Waals surface area contributed by atoms with Crippen LogP contribution in [0.2, 0.25) is 0 Å². The van der Waals surface area contributed by atoms with E-state index >= 15 is 0 Å². The number of nitrogens with zero attached hydrogens (tertiary/aromatic N) is 3. The van der Waals surface area contributed by atoms with Gasteiger partial charge in [-0.15, -0.1) is 11.3 Å². The molecule has 1 aromatic heterocycles. The molecule has 1 amide bonds. The molecule has 162 valence electrons. The van der Waals surface area contributed by atoms with Gasteiger partial charge in [0.25, 0.3) is 5.91 Å². The largest absolute Gasteiger partial charge is 0.504 e. The minimum absolute atomic E-state index is 0.214. The van der Waals surface area contributed by atoms with E-state index in [-0.39, 0.29) is 17.4 Å². The Kier molecular flexibility index (Phi) is 5.68. The van der Waals surface area contributed by atoms with Gasteiger partial charge in [-0.1, -0.05) is 54.6 Å². The molecule has 1 fully saturated rings. The Morgan fingerprint density at radius 1 is 0.909 bits per heavy atom. The quantitative estimate of drug-likeness (QED) is 0.280. The highest BCUT2D eigenvalue weighted by Gasteiger charge is 2.35. The SMILES string of the molecule is O=C1/C(=C/c2ccc(O)c(O)c2)S/C(=N/c2nc(-c3ccccc3)cs2)N1c1ccccc1. The fraction of sp³-hybridized carbons (Fsp3) is 0. The number of phenolic OH excluding ortho intramolecular Hbond substituents is 2. The van der Waals surface area contributed by atoms with Gasteiger partial charge < -0.3 is 10.2 Å². The zero-order valence-corrected chi connectivity index (χ0v) is 18.8. The molecule has 0 atom stereocenters. The Bertz CT molecular complexity index is 1380. The third-order valence-corrected chi connectivity index (χ3v) is 6.57. The summed E-state index contributed by atoms with van der Waals surface area (Å²) in [5.41, 5.74) is 3.13. The molecule has 33 heavy (non-hydrogen) atoms. The van der Waals surface area contributed by atoms with Crippen LogP contribution in [0.1, 0.15) is 5.56 Å². The summed E-state index contributed by atoms with van der Waals surface area (Å²) in [5, 5.41) is 22.4. The highest BCUT2D eigenvalue weighted by Crippen LogP contribution is 2.39. The standard InChI is InChI=1S/C25H17N3O3S2/c29-20-12-11-16(13-21(20)30)14-22-23(31)28(18-9-5-2-6-10-18)25(33-22)27-24-26-19(15-32-24)17-7-3-1-4-8-17/h1-15,29-30H/b22-14-,27-25+. The predicted molar refractivity (Wildman–Crippen MR) is 134 cm³/mol. The van der Waals surface area contributed by atoms with Gasteiger partial charge in [-0.25, -0.2) is 4.98 Å². The minimum Gasteiger partial charge on any atom is -0.504 e. The average Bonchev–Trinajstić information content (AvgIpc) is 3.42. The lowest BCUT2D eigenvalue weighted by Gasteiger charge is -2.14. The van der Waals surface area contributed by atoms with Gasteiger partial charge in [0.1, 0.15) is 0 Å². The molecule has 3 aromatic carbocycles. The lowest BCUT2D eigenvalue weighted by atomic mass is 10.2. The number of carbonyl (C=O) groups excluding carboxylic acids is 1. The molecule has 0 saturated carbocycles. The van der Waals surface area contributed by atoms with Crippen LogP contribution in [0, 0.1) is 0 Å². The Morgan fingerprint density at radius 3 is 2.36 bits per heavy atom. The molecule has 1 saturated heterocycles. The maximum atomic E-state index is 13.3. The van der Waals surface area contributed by atoms with Crippen LogP contribution < -0.4 is 4.90 Å². The molecule has 0 bridgehead atoms. The van der Waals surface area contributed by atoms with Crippen molar-refractivity contribution in [2.75, 3.05) is 4.90 Å². The van der Waals surface area contributed by atoms with Crippen LogP contribution in [0.5, 0.6) is 11.5 Å². The van der Waals surface area contributed by atoms with Crippen LogP contribution in [0.15, 0.2) is 94.1 Å². The molecular weight excluding hydrogens is 454 g/mol. The predicted octanol–water partition coefficient (Wildman–Crippen LogP) is 6.03. The van der Waals surface area contributed by atoms with Crippen molar-refractivity contribution < 1.29 is 15.0 Å². The Hall–Kier alpha value is -3.88. The second-order valence-electron chi connectivity index (χ2n) is 7.11. The summed E-state index contributed by atoms with van der Waals surface area (Å²) >= 11 is 2.64. The molecule has 4 aromatic rings.